The Balaban J connectivity index is 2.94. The first kappa shape index (κ1) is 13.9. The van der Waals surface area contributed by atoms with Crippen LogP contribution in [0.25, 0.3) is 0 Å². The molecule has 0 amide bonds. The van der Waals surface area contributed by atoms with E-state index in [0.29, 0.717) is 12.0 Å². The SMILES string of the molecule is Cc1nn(C(C)C)c(N(C)CCC(C)C)c1N. The van der Waals surface area contributed by atoms with Crippen molar-refractivity contribution in [2.24, 2.45) is 5.92 Å². The first-order valence-electron chi connectivity index (χ1n) is 6.40. The van der Waals surface area contributed by atoms with E-state index in [0.717, 1.165) is 30.2 Å². The molecular formula is C13H26N4. The maximum absolute atomic E-state index is 6.12. The van der Waals surface area contributed by atoms with Crippen LogP contribution in [-0.4, -0.2) is 23.4 Å². The Morgan fingerprint density at radius 3 is 2.35 bits per heavy atom. The Bertz CT molecular complexity index is 366. The van der Waals surface area contributed by atoms with Crippen molar-refractivity contribution in [1.82, 2.24) is 9.78 Å². The van der Waals surface area contributed by atoms with E-state index >= 15 is 0 Å². The summed E-state index contributed by atoms with van der Waals surface area (Å²) >= 11 is 0. The van der Waals surface area contributed by atoms with Gasteiger partial charge in [-0.3, -0.25) is 0 Å². The normalized spacial score (nSPS) is 11.5. The van der Waals surface area contributed by atoms with E-state index < -0.39 is 0 Å². The Kier molecular flexibility index (Phi) is 4.43. The number of aryl methyl sites for hydroxylation is 1. The average Bonchev–Trinajstić information content (AvgIpc) is 2.52. The second-order valence-corrected chi connectivity index (χ2v) is 5.47. The van der Waals surface area contributed by atoms with Crippen LogP contribution >= 0.6 is 0 Å². The maximum Gasteiger partial charge on any atom is 0.150 e. The monoisotopic (exact) mass is 238 g/mol. The second kappa shape index (κ2) is 5.43. The number of hydrogen-bond acceptors (Lipinski definition) is 3. The molecule has 1 aromatic heterocycles. The number of nitrogens with zero attached hydrogens (tertiary/aromatic N) is 3. The number of rotatable bonds is 5. The van der Waals surface area contributed by atoms with Gasteiger partial charge >= 0.3 is 0 Å². The van der Waals surface area contributed by atoms with E-state index in [1.165, 1.54) is 0 Å². The summed E-state index contributed by atoms with van der Waals surface area (Å²) in [5.41, 5.74) is 7.86. The quantitative estimate of drug-likeness (QED) is 0.858. The molecule has 1 aromatic rings. The Morgan fingerprint density at radius 1 is 1.29 bits per heavy atom. The summed E-state index contributed by atoms with van der Waals surface area (Å²) in [4.78, 5) is 2.22. The van der Waals surface area contributed by atoms with Crippen LogP contribution in [0.15, 0.2) is 0 Å². The van der Waals surface area contributed by atoms with Gasteiger partial charge in [0, 0.05) is 19.6 Å². The fraction of sp³-hybridized carbons (Fsp3) is 0.769. The summed E-state index contributed by atoms with van der Waals surface area (Å²) < 4.78 is 2.02. The van der Waals surface area contributed by atoms with Crippen LogP contribution in [-0.2, 0) is 0 Å². The number of aromatic nitrogens is 2. The number of anilines is 2. The molecule has 0 aliphatic carbocycles. The molecule has 0 aromatic carbocycles. The van der Waals surface area contributed by atoms with E-state index in [9.17, 15) is 0 Å². The van der Waals surface area contributed by atoms with Gasteiger partial charge in [-0.05, 0) is 33.1 Å². The molecule has 1 rings (SSSR count). The van der Waals surface area contributed by atoms with Crippen molar-refractivity contribution in [3.8, 4) is 0 Å². The lowest BCUT2D eigenvalue weighted by molar-refractivity contribution is 0.517. The molecule has 0 aliphatic heterocycles. The zero-order chi connectivity index (χ0) is 13.2. The summed E-state index contributed by atoms with van der Waals surface area (Å²) in [5.74, 6) is 1.76. The maximum atomic E-state index is 6.12. The van der Waals surface area contributed by atoms with Gasteiger partial charge in [0.2, 0.25) is 0 Å². The zero-order valence-corrected chi connectivity index (χ0v) is 12.0. The lowest BCUT2D eigenvalue weighted by Crippen LogP contribution is -2.24. The Hall–Kier alpha value is -1.19. The fourth-order valence-electron chi connectivity index (χ4n) is 1.85. The molecule has 1 heterocycles. The molecule has 2 N–H and O–H groups in total. The summed E-state index contributed by atoms with van der Waals surface area (Å²) in [6.07, 6.45) is 1.16. The van der Waals surface area contributed by atoms with Crippen molar-refractivity contribution in [3.05, 3.63) is 5.69 Å². The molecule has 0 fully saturated rings. The topological polar surface area (TPSA) is 47.1 Å². The van der Waals surface area contributed by atoms with E-state index in [1.807, 2.05) is 11.6 Å². The Labute approximate surface area is 105 Å². The van der Waals surface area contributed by atoms with Crippen molar-refractivity contribution >= 4 is 11.5 Å². The van der Waals surface area contributed by atoms with Crippen molar-refractivity contribution in [2.75, 3.05) is 24.2 Å². The smallest absolute Gasteiger partial charge is 0.150 e. The second-order valence-electron chi connectivity index (χ2n) is 5.47. The lowest BCUT2D eigenvalue weighted by atomic mass is 10.1. The van der Waals surface area contributed by atoms with E-state index in [-0.39, 0.29) is 0 Å². The van der Waals surface area contributed by atoms with Gasteiger partial charge in [0.15, 0.2) is 5.82 Å². The highest BCUT2D eigenvalue weighted by molar-refractivity contribution is 5.66. The van der Waals surface area contributed by atoms with Gasteiger partial charge < -0.3 is 10.6 Å². The fourth-order valence-corrected chi connectivity index (χ4v) is 1.85. The molecule has 0 unspecified atom stereocenters. The molecule has 0 bridgehead atoms. The van der Waals surface area contributed by atoms with Gasteiger partial charge in [0.1, 0.15) is 0 Å². The minimum absolute atomic E-state index is 0.336. The molecule has 98 valence electrons. The minimum Gasteiger partial charge on any atom is -0.394 e. The van der Waals surface area contributed by atoms with Gasteiger partial charge in [-0.15, -0.1) is 0 Å². The van der Waals surface area contributed by atoms with Crippen LogP contribution in [0.1, 0.15) is 45.9 Å². The molecule has 0 saturated carbocycles. The molecule has 17 heavy (non-hydrogen) atoms. The van der Waals surface area contributed by atoms with Gasteiger partial charge in [-0.1, -0.05) is 13.8 Å². The molecule has 0 radical (unpaired) electrons. The largest absolute Gasteiger partial charge is 0.394 e. The van der Waals surface area contributed by atoms with Crippen molar-refractivity contribution in [1.29, 1.82) is 0 Å². The van der Waals surface area contributed by atoms with Crippen molar-refractivity contribution < 1.29 is 0 Å². The van der Waals surface area contributed by atoms with Crippen LogP contribution in [0.4, 0.5) is 11.5 Å². The van der Waals surface area contributed by atoms with Crippen LogP contribution in [0, 0.1) is 12.8 Å². The molecule has 0 spiro atoms. The third kappa shape index (κ3) is 3.14. The Morgan fingerprint density at radius 2 is 1.88 bits per heavy atom. The van der Waals surface area contributed by atoms with Gasteiger partial charge in [-0.25, -0.2) is 4.68 Å². The lowest BCUT2D eigenvalue weighted by Gasteiger charge is -2.23. The molecule has 0 aliphatic rings. The average molecular weight is 238 g/mol. The summed E-state index contributed by atoms with van der Waals surface area (Å²) in [6.45, 7) is 11.7. The van der Waals surface area contributed by atoms with Crippen LogP contribution < -0.4 is 10.6 Å². The number of nitrogen functional groups attached to an aromatic ring is 1. The first-order valence-corrected chi connectivity index (χ1v) is 6.40. The summed E-state index contributed by atoms with van der Waals surface area (Å²) in [5, 5.41) is 4.51. The molecule has 4 nitrogen and oxygen atoms in total. The zero-order valence-electron chi connectivity index (χ0n) is 12.0. The third-order valence-corrected chi connectivity index (χ3v) is 3.00. The van der Waals surface area contributed by atoms with Gasteiger partial charge in [0.25, 0.3) is 0 Å². The number of hydrogen-bond donors (Lipinski definition) is 1. The van der Waals surface area contributed by atoms with E-state index in [4.69, 9.17) is 5.73 Å². The summed E-state index contributed by atoms with van der Waals surface area (Å²) in [7, 11) is 2.09. The van der Waals surface area contributed by atoms with Crippen LogP contribution in [0.3, 0.4) is 0 Å². The van der Waals surface area contributed by atoms with E-state index in [2.05, 4.69) is 44.7 Å². The number of nitrogens with two attached hydrogens (primary N) is 1. The molecule has 0 atom stereocenters. The highest BCUT2D eigenvalue weighted by Gasteiger charge is 2.18. The molecule has 0 saturated heterocycles. The minimum atomic E-state index is 0.336. The first-order chi connectivity index (χ1) is 7.84. The molecular weight excluding hydrogens is 212 g/mol. The van der Waals surface area contributed by atoms with Crippen LogP contribution in [0.5, 0.6) is 0 Å². The highest BCUT2D eigenvalue weighted by atomic mass is 15.4. The predicted molar refractivity (Wildman–Crippen MR) is 74.5 cm³/mol. The van der Waals surface area contributed by atoms with Gasteiger partial charge in [0.05, 0.1) is 11.4 Å². The highest BCUT2D eigenvalue weighted by Crippen LogP contribution is 2.28. The van der Waals surface area contributed by atoms with Crippen LogP contribution in [0.2, 0.25) is 0 Å². The predicted octanol–water partition coefficient (Wildman–Crippen LogP) is 2.84. The summed E-state index contributed by atoms with van der Waals surface area (Å²) in [6, 6.07) is 0.336. The third-order valence-electron chi connectivity index (χ3n) is 3.00. The van der Waals surface area contributed by atoms with E-state index in [1.54, 1.807) is 0 Å². The van der Waals surface area contributed by atoms with Gasteiger partial charge in [-0.2, -0.15) is 5.10 Å². The molecule has 4 heteroatoms. The standard InChI is InChI=1S/C13H26N4/c1-9(2)7-8-16(6)13-12(14)11(5)15-17(13)10(3)4/h9-10H,7-8,14H2,1-6H3. The van der Waals surface area contributed by atoms with Crippen molar-refractivity contribution in [3.63, 3.8) is 0 Å². The van der Waals surface area contributed by atoms with Crippen molar-refractivity contribution in [2.45, 2.75) is 47.1 Å².